The van der Waals surface area contributed by atoms with Crippen LogP contribution in [0.15, 0.2) is 59.1 Å². The summed E-state index contributed by atoms with van der Waals surface area (Å²) in [7, 11) is -3.99. The zero-order chi connectivity index (χ0) is 21.4. The third-order valence-electron chi connectivity index (χ3n) is 4.37. The van der Waals surface area contributed by atoms with Gasteiger partial charge in [-0.1, -0.05) is 58.4 Å². The van der Waals surface area contributed by atoms with E-state index in [2.05, 4.69) is 21.2 Å². The number of hydrogen-bond acceptors (Lipinski definition) is 4. The molecule has 2 rings (SSSR count). The van der Waals surface area contributed by atoms with Gasteiger partial charge in [-0.25, -0.2) is 4.79 Å². The summed E-state index contributed by atoms with van der Waals surface area (Å²) in [6, 6.07) is 16.1. The van der Waals surface area contributed by atoms with E-state index in [-0.39, 0.29) is 13.0 Å². The quantitative estimate of drug-likeness (QED) is 0.459. The maximum Gasteiger partial charge on any atom is 0.408 e. The standard InChI is InChI=1S/C20H23BrNO6P/c1-14(22-20(25)28-12-16-5-3-2-4-6-16)29(26,27)13-17(19(23)24)11-15-7-9-18(21)10-8-15/h2-10,14,17H,11-13H2,1H3,(H,22,25)(H,23,24)(H,26,27). The topological polar surface area (TPSA) is 113 Å². The molecule has 0 aliphatic carbocycles. The molecule has 9 heteroatoms. The summed E-state index contributed by atoms with van der Waals surface area (Å²) in [4.78, 5) is 33.9. The molecule has 0 aliphatic heterocycles. The summed E-state index contributed by atoms with van der Waals surface area (Å²) < 4.78 is 18.6. The van der Waals surface area contributed by atoms with E-state index < -0.39 is 37.3 Å². The third kappa shape index (κ3) is 7.65. The molecule has 0 fully saturated rings. The minimum atomic E-state index is -3.99. The Labute approximate surface area is 177 Å². The Morgan fingerprint density at radius 1 is 1.10 bits per heavy atom. The monoisotopic (exact) mass is 483 g/mol. The second kappa shape index (κ2) is 10.6. The lowest BCUT2D eigenvalue weighted by atomic mass is 10.0. The van der Waals surface area contributed by atoms with E-state index in [4.69, 9.17) is 4.74 Å². The van der Waals surface area contributed by atoms with Crippen LogP contribution in [0.2, 0.25) is 0 Å². The number of alkyl carbamates (subject to hydrolysis) is 1. The first-order valence-electron chi connectivity index (χ1n) is 8.93. The van der Waals surface area contributed by atoms with Crippen LogP contribution in [-0.4, -0.2) is 34.0 Å². The Bertz CT molecular complexity index is 874. The molecule has 1 amide bonds. The fourth-order valence-corrected chi connectivity index (χ4v) is 4.45. The molecule has 3 unspecified atom stereocenters. The number of hydrogen-bond donors (Lipinski definition) is 3. The minimum Gasteiger partial charge on any atom is -0.481 e. The second-order valence-electron chi connectivity index (χ2n) is 6.69. The van der Waals surface area contributed by atoms with Crippen molar-refractivity contribution in [2.24, 2.45) is 5.92 Å². The number of halogens is 1. The minimum absolute atomic E-state index is 0.0242. The molecular weight excluding hydrogens is 461 g/mol. The number of ether oxygens (including phenoxy) is 1. The molecule has 0 heterocycles. The number of aliphatic carboxylic acids is 1. The van der Waals surface area contributed by atoms with Gasteiger partial charge >= 0.3 is 12.1 Å². The van der Waals surface area contributed by atoms with Crippen LogP contribution in [0.4, 0.5) is 4.79 Å². The average Bonchev–Trinajstić information content (AvgIpc) is 2.68. The zero-order valence-electron chi connectivity index (χ0n) is 15.8. The molecule has 7 nitrogen and oxygen atoms in total. The van der Waals surface area contributed by atoms with Gasteiger partial charge in [0.25, 0.3) is 0 Å². The summed E-state index contributed by atoms with van der Waals surface area (Å²) in [5.74, 6) is -3.37. The molecule has 156 valence electrons. The van der Waals surface area contributed by atoms with Crippen LogP contribution in [0.5, 0.6) is 0 Å². The Balaban J connectivity index is 1.93. The molecule has 0 saturated heterocycles. The molecule has 3 N–H and O–H groups in total. The molecule has 2 aromatic carbocycles. The first kappa shape index (κ1) is 23.1. The molecule has 3 atom stereocenters. The normalized spacial score (nSPS) is 15.0. The molecular formula is C20H23BrNO6P. The molecule has 29 heavy (non-hydrogen) atoms. The van der Waals surface area contributed by atoms with Gasteiger partial charge in [0.1, 0.15) is 12.4 Å². The number of carbonyl (C=O) groups excluding carboxylic acids is 1. The highest BCUT2D eigenvalue weighted by molar-refractivity contribution is 9.10. The molecule has 0 bridgehead atoms. The van der Waals surface area contributed by atoms with Crippen LogP contribution < -0.4 is 5.32 Å². The number of rotatable bonds is 9. The van der Waals surface area contributed by atoms with Crippen molar-refractivity contribution >= 4 is 35.4 Å². The molecule has 0 saturated carbocycles. The van der Waals surface area contributed by atoms with Crippen molar-refractivity contribution in [3.8, 4) is 0 Å². The van der Waals surface area contributed by atoms with Crippen LogP contribution in [0.3, 0.4) is 0 Å². The van der Waals surface area contributed by atoms with E-state index in [1.807, 2.05) is 6.07 Å². The number of carboxylic acid groups (broad SMARTS) is 1. The van der Waals surface area contributed by atoms with Gasteiger partial charge in [-0.2, -0.15) is 0 Å². The molecule has 0 aliphatic rings. The van der Waals surface area contributed by atoms with E-state index in [9.17, 15) is 24.2 Å². The van der Waals surface area contributed by atoms with Crippen molar-refractivity contribution in [1.29, 1.82) is 0 Å². The van der Waals surface area contributed by atoms with Gasteiger partial charge in [-0.05, 0) is 36.6 Å². The predicted molar refractivity (Wildman–Crippen MR) is 113 cm³/mol. The lowest BCUT2D eigenvalue weighted by Crippen LogP contribution is -2.35. The lowest BCUT2D eigenvalue weighted by Gasteiger charge is -2.23. The van der Waals surface area contributed by atoms with Crippen molar-refractivity contribution in [3.63, 3.8) is 0 Å². The summed E-state index contributed by atoms with van der Waals surface area (Å²) in [5.41, 5.74) is 1.52. The smallest absolute Gasteiger partial charge is 0.408 e. The highest BCUT2D eigenvalue weighted by Crippen LogP contribution is 2.47. The van der Waals surface area contributed by atoms with Crippen LogP contribution in [0.25, 0.3) is 0 Å². The van der Waals surface area contributed by atoms with Gasteiger partial charge in [-0.3, -0.25) is 9.36 Å². The Kier molecular flexibility index (Phi) is 8.44. The van der Waals surface area contributed by atoms with Gasteiger partial charge in [-0.15, -0.1) is 0 Å². The van der Waals surface area contributed by atoms with Crippen molar-refractivity contribution in [3.05, 3.63) is 70.2 Å². The van der Waals surface area contributed by atoms with Crippen LogP contribution in [0.1, 0.15) is 18.1 Å². The van der Waals surface area contributed by atoms with E-state index in [1.54, 1.807) is 48.5 Å². The molecule has 0 aromatic heterocycles. The SMILES string of the molecule is CC(NC(=O)OCc1ccccc1)P(=O)(O)CC(Cc1ccc(Br)cc1)C(=O)O. The fraction of sp³-hybridized carbons (Fsp3) is 0.300. The van der Waals surface area contributed by atoms with Crippen LogP contribution in [-0.2, 0) is 27.1 Å². The number of benzene rings is 2. The van der Waals surface area contributed by atoms with Crippen LogP contribution >= 0.6 is 23.3 Å². The summed E-state index contributed by atoms with van der Waals surface area (Å²) in [5, 5.41) is 11.8. The van der Waals surface area contributed by atoms with Gasteiger partial charge in [0.15, 0.2) is 0 Å². The number of nitrogens with one attached hydrogen (secondary N) is 1. The third-order valence-corrected chi connectivity index (χ3v) is 7.20. The summed E-state index contributed by atoms with van der Waals surface area (Å²) in [6.07, 6.45) is -1.19. The zero-order valence-corrected chi connectivity index (χ0v) is 18.3. The van der Waals surface area contributed by atoms with Gasteiger partial charge in [0.05, 0.1) is 5.92 Å². The van der Waals surface area contributed by atoms with Gasteiger partial charge in [0.2, 0.25) is 7.37 Å². The molecule has 0 spiro atoms. The maximum absolute atomic E-state index is 12.7. The largest absolute Gasteiger partial charge is 0.481 e. The molecule has 2 aromatic rings. The number of amides is 1. The van der Waals surface area contributed by atoms with E-state index in [0.717, 1.165) is 15.6 Å². The van der Waals surface area contributed by atoms with E-state index in [0.29, 0.717) is 0 Å². The second-order valence-corrected chi connectivity index (χ2v) is 10.3. The Morgan fingerprint density at radius 2 is 1.72 bits per heavy atom. The fourth-order valence-electron chi connectivity index (χ4n) is 2.65. The number of carbonyl (C=O) groups is 2. The highest BCUT2D eigenvalue weighted by Gasteiger charge is 2.35. The Hall–Kier alpha value is -2.15. The summed E-state index contributed by atoms with van der Waals surface area (Å²) >= 11 is 3.31. The van der Waals surface area contributed by atoms with Gasteiger partial charge in [0, 0.05) is 10.6 Å². The first-order chi connectivity index (χ1) is 13.7. The highest BCUT2D eigenvalue weighted by atomic mass is 79.9. The molecule has 0 radical (unpaired) electrons. The summed E-state index contributed by atoms with van der Waals surface area (Å²) in [6.45, 7) is 1.39. The van der Waals surface area contributed by atoms with Crippen molar-refractivity contribution in [2.75, 3.05) is 6.16 Å². The van der Waals surface area contributed by atoms with Crippen LogP contribution in [0, 0.1) is 5.92 Å². The predicted octanol–water partition coefficient (Wildman–Crippen LogP) is 4.24. The van der Waals surface area contributed by atoms with Crippen molar-refractivity contribution in [1.82, 2.24) is 5.32 Å². The maximum atomic E-state index is 12.7. The van der Waals surface area contributed by atoms with Gasteiger partial charge < -0.3 is 20.1 Å². The Morgan fingerprint density at radius 3 is 2.31 bits per heavy atom. The number of carboxylic acids is 1. The van der Waals surface area contributed by atoms with E-state index >= 15 is 0 Å². The van der Waals surface area contributed by atoms with E-state index in [1.165, 1.54) is 6.92 Å². The van der Waals surface area contributed by atoms with Crippen molar-refractivity contribution in [2.45, 2.75) is 25.7 Å². The lowest BCUT2D eigenvalue weighted by molar-refractivity contribution is -0.141. The first-order valence-corrected chi connectivity index (χ1v) is 11.6. The van der Waals surface area contributed by atoms with Crippen molar-refractivity contribution < 1.29 is 28.9 Å². The average molecular weight is 484 g/mol.